The number of rotatable bonds is 7. The predicted molar refractivity (Wildman–Crippen MR) is 93.4 cm³/mol. The van der Waals surface area contributed by atoms with E-state index in [-0.39, 0.29) is 11.6 Å². The number of halogens is 2. The van der Waals surface area contributed by atoms with E-state index in [4.69, 9.17) is 4.74 Å². The number of amides is 1. The van der Waals surface area contributed by atoms with Gasteiger partial charge in [0.25, 0.3) is 5.91 Å². The Labute approximate surface area is 151 Å². The van der Waals surface area contributed by atoms with Crippen LogP contribution < -0.4 is 5.32 Å². The number of hydrogen-bond acceptors (Lipinski definition) is 3. The molecule has 0 saturated carbocycles. The molecule has 2 aromatic carbocycles. The highest BCUT2D eigenvalue weighted by molar-refractivity contribution is 5.91. The lowest BCUT2D eigenvalue weighted by molar-refractivity contribution is -0.125. The van der Waals surface area contributed by atoms with E-state index < -0.39 is 30.1 Å². The molecule has 0 radical (unpaired) electrons. The van der Waals surface area contributed by atoms with Gasteiger partial charge in [0.15, 0.2) is 6.61 Å². The van der Waals surface area contributed by atoms with Gasteiger partial charge in [-0.3, -0.25) is 4.79 Å². The number of hydrogen-bond donors (Lipinski definition) is 1. The van der Waals surface area contributed by atoms with Gasteiger partial charge in [0, 0.05) is 6.07 Å². The van der Waals surface area contributed by atoms with Crippen LogP contribution in [0.4, 0.5) is 8.78 Å². The quantitative estimate of drug-likeness (QED) is 0.758. The van der Waals surface area contributed by atoms with E-state index in [0.717, 1.165) is 24.1 Å². The van der Waals surface area contributed by atoms with Crippen LogP contribution in [0.15, 0.2) is 48.5 Å². The summed E-state index contributed by atoms with van der Waals surface area (Å²) < 4.78 is 31.1. The molecule has 0 aromatic heterocycles. The monoisotopic (exact) mass is 361 g/mol. The molecule has 0 aliphatic heterocycles. The van der Waals surface area contributed by atoms with Crippen LogP contribution in [-0.2, 0) is 9.53 Å². The minimum Gasteiger partial charge on any atom is -0.452 e. The molecule has 0 saturated heterocycles. The van der Waals surface area contributed by atoms with Gasteiger partial charge in [0.2, 0.25) is 0 Å². The van der Waals surface area contributed by atoms with E-state index in [1.807, 2.05) is 44.2 Å². The average molecular weight is 361 g/mol. The van der Waals surface area contributed by atoms with Crippen LogP contribution in [-0.4, -0.2) is 18.5 Å². The first-order valence-electron chi connectivity index (χ1n) is 8.32. The molecule has 0 aliphatic carbocycles. The Morgan fingerprint density at radius 3 is 2.23 bits per heavy atom. The van der Waals surface area contributed by atoms with E-state index in [1.165, 1.54) is 0 Å². The third-order valence-corrected chi connectivity index (χ3v) is 3.68. The maximum absolute atomic E-state index is 13.1. The summed E-state index contributed by atoms with van der Waals surface area (Å²) in [5.74, 6) is -2.87. The van der Waals surface area contributed by atoms with E-state index in [2.05, 4.69) is 5.32 Å². The van der Waals surface area contributed by atoms with Gasteiger partial charge in [0.1, 0.15) is 11.6 Å². The molecule has 0 aliphatic rings. The zero-order valence-corrected chi connectivity index (χ0v) is 14.7. The minimum absolute atomic E-state index is 0.214. The second-order valence-corrected chi connectivity index (χ2v) is 6.39. The lowest BCUT2D eigenvalue weighted by Gasteiger charge is -2.21. The van der Waals surface area contributed by atoms with Crippen LogP contribution in [0.3, 0.4) is 0 Å². The maximum atomic E-state index is 13.1. The molecule has 0 bridgehead atoms. The Morgan fingerprint density at radius 2 is 1.65 bits per heavy atom. The van der Waals surface area contributed by atoms with Crippen molar-refractivity contribution in [1.29, 1.82) is 0 Å². The molecule has 26 heavy (non-hydrogen) atoms. The first kappa shape index (κ1) is 19.6. The minimum atomic E-state index is -0.960. The number of carbonyl (C=O) groups excluding carboxylic acids is 2. The third kappa shape index (κ3) is 5.95. The number of ether oxygens (including phenoxy) is 1. The van der Waals surface area contributed by atoms with Crippen LogP contribution in [0.2, 0.25) is 0 Å². The van der Waals surface area contributed by atoms with E-state index in [1.54, 1.807) is 0 Å². The number of benzene rings is 2. The topological polar surface area (TPSA) is 55.4 Å². The molecule has 4 nitrogen and oxygen atoms in total. The van der Waals surface area contributed by atoms with Crippen molar-refractivity contribution in [3.8, 4) is 0 Å². The molecule has 0 spiro atoms. The third-order valence-electron chi connectivity index (χ3n) is 3.68. The Morgan fingerprint density at radius 1 is 1.04 bits per heavy atom. The fourth-order valence-electron chi connectivity index (χ4n) is 2.56. The highest BCUT2D eigenvalue weighted by Crippen LogP contribution is 2.21. The Hall–Kier alpha value is -2.76. The Bertz CT molecular complexity index is 743. The van der Waals surface area contributed by atoms with Gasteiger partial charge >= 0.3 is 5.97 Å². The first-order chi connectivity index (χ1) is 12.3. The van der Waals surface area contributed by atoms with Crippen molar-refractivity contribution in [3.63, 3.8) is 0 Å². The van der Waals surface area contributed by atoms with E-state index in [9.17, 15) is 18.4 Å². The van der Waals surface area contributed by atoms with Crippen molar-refractivity contribution in [2.24, 2.45) is 5.92 Å². The van der Waals surface area contributed by atoms with Gasteiger partial charge in [-0.1, -0.05) is 44.2 Å². The lowest BCUT2D eigenvalue weighted by atomic mass is 9.97. The van der Waals surface area contributed by atoms with Gasteiger partial charge < -0.3 is 10.1 Å². The Balaban J connectivity index is 1.96. The van der Waals surface area contributed by atoms with Crippen molar-refractivity contribution >= 4 is 11.9 Å². The normalized spacial score (nSPS) is 11.9. The van der Waals surface area contributed by atoms with Gasteiger partial charge in [-0.2, -0.15) is 0 Å². The van der Waals surface area contributed by atoms with Crippen LogP contribution in [0.5, 0.6) is 0 Å². The molecule has 1 N–H and O–H groups in total. The molecule has 1 amide bonds. The van der Waals surface area contributed by atoms with Gasteiger partial charge in [-0.25, -0.2) is 13.6 Å². The highest BCUT2D eigenvalue weighted by Gasteiger charge is 2.18. The SMILES string of the molecule is CC(C)C[C@@H](NC(=O)COC(=O)c1cc(F)cc(F)c1)c1ccccc1. The summed E-state index contributed by atoms with van der Waals surface area (Å²) in [7, 11) is 0. The fraction of sp³-hybridized carbons (Fsp3) is 0.300. The smallest absolute Gasteiger partial charge is 0.338 e. The summed E-state index contributed by atoms with van der Waals surface area (Å²) in [4.78, 5) is 24.0. The first-order valence-corrected chi connectivity index (χ1v) is 8.32. The van der Waals surface area contributed by atoms with Gasteiger partial charge in [-0.15, -0.1) is 0 Å². The molecule has 6 heteroatoms. The predicted octanol–water partition coefficient (Wildman–Crippen LogP) is 4.03. The molecule has 138 valence electrons. The van der Waals surface area contributed by atoms with Gasteiger partial charge in [0.05, 0.1) is 11.6 Å². The zero-order valence-electron chi connectivity index (χ0n) is 14.7. The fourth-order valence-corrected chi connectivity index (χ4v) is 2.56. The summed E-state index contributed by atoms with van der Waals surface area (Å²) in [5.41, 5.74) is 0.671. The molecule has 2 aromatic rings. The Kier molecular flexibility index (Phi) is 6.83. The van der Waals surface area contributed by atoms with Crippen LogP contribution in [0, 0.1) is 17.6 Å². The molecule has 0 fully saturated rings. The number of nitrogens with one attached hydrogen (secondary N) is 1. The van der Waals surface area contributed by atoms with E-state index >= 15 is 0 Å². The van der Waals surface area contributed by atoms with Crippen LogP contribution >= 0.6 is 0 Å². The summed E-state index contributed by atoms with van der Waals surface area (Å²) in [6.45, 7) is 3.56. The largest absolute Gasteiger partial charge is 0.452 e. The summed E-state index contributed by atoms with van der Waals surface area (Å²) in [5, 5.41) is 2.83. The lowest BCUT2D eigenvalue weighted by Crippen LogP contribution is -2.33. The molecule has 1 atom stereocenters. The average Bonchev–Trinajstić information content (AvgIpc) is 2.58. The molecule has 0 heterocycles. The number of esters is 1. The zero-order chi connectivity index (χ0) is 19.1. The van der Waals surface area contributed by atoms with Crippen molar-refractivity contribution < 1.29 is 23.1 Å². The molecule has 0 unspecified atom stereocenters. The van der Waals surface area contributed by atoms with Crippen molar-refractivity contribution in [2.45, 2.75) is 26.3 Å². The maximum Gasteiger partial charge on any atom is 0.338 e. The second-order valence-electron chi connectivity index (χ2n) is 6.39. The number of carbonyl (C=O) groups is 2. The molecule has 2 rings (SSSR count). The van der Waals surface area contributed by atoms with Crippen molar-refractivity contribution in [3.05, 3.63) is 71.3 Å². The van der Waals surface area contributed by atoms with Crippen molar-refractivity contribution in [2.75, 3.05) is 6.61 Å². The van der Waals surface area contributed by atoms with Crippen molar-refractivity contribution in [1.82, 2.24) is 5.32 Å². The summed E-state index contributed by atoms with van der Waals surface area (Å²) in [6.07, 6.45) is 0.721. The van der Waals surface area contributed by atoms with Crippen LogP contribution in [0.1, 0.15) is 42.2 Å². The van der Waals surface area contributed by atoms with E-state index in [0.29, 0.717) is 12.0 Å². The molecular formula is C20H21F2NO3. The van der Waals surface area contributed by atoms with Gasteiger partial charge in [-0.05, 0) is 30.0 Å². The summed E-state index contributed by atoms with van der Waals surface area (Å²) in [6, 6.07) is 11.6. The summed E-state index contributed by atoms with van der Waals surface area (Å²) >= 11 is 0. The van der Waals surface area contributed by atoms with Crippen LogP contribution in [0.25, 0.3) is 0 Å². The molecular weight excluding hydrogens is 340 g/mol. The standard InChI is InChI=1S/C20H21F2NO3/c1-13(2)8-18(14-6-4-3-5-7-14)23-19(24)12-26-20(25)15-9-16(21)11-17(22)10-15/h3-7,9-11,13,18H,8,12H2,1-2H3,(H,23,24)/t18-/m1/s1. The second kappa shape index (κ2) is 9.08. The highest BCUT2D eigenvalue weighted by atomic mass is 19.1.